The van der Waals surface area contributed by atoms with Crippen LogP contribution in [0.4, 0.5) is 0 Å². The highest BCUT2D eigenvalue weighted by atomic mass is 16.5. The number of Topliss-reactive ketones (excluding diaryl/α,β-unsaturated/α-hetero) is 1. The molecule has 1 unspecified atom stereocenters. The fourth-order valence-electron chi connectivity index (χ4n) is 4.70. The Balaban J connectivity index is 2.13. The van der Waals surface area contributed by atoms with Gasteiger partial charge in [0.1, 0.15) is 11.5 Å². The maximum Gasteiger partial charge on any atom is 0.295 e. The number of hydrogen-bond acceptors (Lipinski definition) is 8. The number of aliphatic hydroxyl groups excluding tert-OH is 1. The smallest absolute Gasteiger partial charge is 0.295 e. The molecule has 0 bridgehead atoms. The Morgan fingerprint density at radius 2 is 1.56 bits per heavy atom. The minimum absolute atomic E-state index is 0.00784. The number of aliphatic hydroxyl groups is 1. The van der Waals surface area contributed by atoms with E-state index in [0.717, 1.165) is 25.9 Å². The van der Waals surface area contributed by atoms with Gasteiger partial charge in [-0.2, -0.15) is 0 Å². The molecule has 1 heterocycles. The van der Waals surface area contributed by atoms with Crippen molar-refractivity contribution >= 4 is 17.4 Å². The number of likely N-dealkylation sites (N-methyl/N-ethyl adjacent to an activating group) is 1. The fourth-order valence-corrected chi connectivity index (χ4v) is 4.70. The van der Waals surface area contributed by atoms with Crippen molar-refractivity contribution in [2.24, 2.45) is 0 Å². The summed E-state index contributed by atoms with van der Waals surface area (Å²) < 4.78 is 22.3. The van der Waals surface area contributed by atoms with Gasteiger partial charge in [-0.3, -0.25) is 9.59 Å². The summed E-state index contributed by atoms with van der Waals surface area (Å²) in [5.74, 6) is 0.168. The monoisotopic (exact) mass is 540 g/mol. The molecule has 1 atom stereocenters. The van der Waals surface area contributed by atoms with Gasteiger partial charge in [-0.25, -0.2) is 0 Å². The Hall–Kier alpha value is -3.72. The van der Waals surface area contributed by atoms with Crippen LogP contribution in [-0.2, 0) is 9.59 Å². The number of likely N-dealkylation sites (tertiary alicyclic amines) is 1. The Bertz CT molecular complexity index is 1150. The predicted octanol–water partition coefficient (Wildman–Crippen LogP) is 4.65. The molecule has 1 amide bonds. The number of benzene rings is 2. The highest BCUT2D eigenvalue weighted by molar-refractivity contribution is 6.46. The van der Waals surface area contributed by atoms with Gasteiger partial charge in [-0.15, -0.1) is 0 Å². The lowest BCUT2D eigenvalue weighted by molar-refractivity contribution is -0.140. The van der Waals surface area contributed by atoms with E-state index in [1.807, 2.05) is 13.8 Å². The van der Waals surface area contributed by atoms with Crippen molar-refractivity contribution in [3.8, 4) is 23.0 Å². The molecule has 2 aromatic carbocycles. The molecule has 0 spiro atoms. The number of carbonyl (C=O) groups excluding carboxylic acids is 2. The van der Waals surface area contributed by atoms with Crippen molar-refractivity contribution in [2.45, 2.75) is 39.7 Å². The average Bonchev–Trinajstić information content (AvgIpc) is 3.22. The molecule has 1 aliphatic heterocycles. The standard InChI is InChI=1S/C30H40N2O7/c1-7-10-17-39-22-13-11-20(12-14-22)27(33)25-26(21-18-23(36-4)29(38-6)24(19-21)37-5)32(30(35)28(25)34)16-15-31(8-2)9-3/h11-14,18-19,26,33H,7-10,15-17H2,1-6H3/b27-25+. The Labute approximate surface area is 230 Å². The summed E-state index contributed by atoms with van der Waals surface area (Å²) in [6, 6.07) is 9.43. The van der Waals surface area contributed by atoms with Crippen LogP contribution >= 0.6 is 0 Å². The number of ketones is 1. The zero-order chi connectivity index (χ0) is 28.5. The van der Waals surface area contributed by atoms with Gasteiger partial charge in [0.25, 0.3) is 11.7 Å². The van der Waals surface area contributed by atoms with Crippen LogP contribution in [0.3, 0.4) is 0 Å². The van der Waals surface area contributed by atoms with Crippen LogP contribution in [0, 0.1) is 0 Å². The number of nitrogens with zero attached hydrogens (tertiary/aromatic N) is 2. The average molecular weight is 541 g/mol. The summed E-state index contributed by atoms with van der Waals surface area (Å²) in [4.78, 5) is 30.5. The molecule has 0 saturated carbocycles. The first-order valence-corrected chi connectivity index (χ1v) is 13.4. The lowest BCUT2D eigenvalue weighted by Crippen LogP contribution is -2.38. The van der Waals surface area contributed by atoms with E-state index in [9.17, 15) is 14.7 Å². The molecule has 9 heteroatoms. The Morgan fingerprint density at radius 3 is 2.08 bits per heavy atom. The SMILES string of the molecule is CCCCOc1ccc(/C(O)=C2\C(=O)C(=O)N(CCN(CC)CC)C2c2cc(OC)c(OC)c(OC)c2)cc1. The van der Waals surface area contributed by atoms with Crippen LogP contribution < -0.4 is 18.9 Å². The summed E-state index contributed by atoms with van der Waals surface area (Å²) in [7, 11) is 4.51. The van der Waals surface area contributed by atoms with E-state index >= 15 is 0 Å². The second kappa shape index (κ2) is 13.9. The van der Waals surface area contributed by atoms with Gasteiger partial charge in [0.15, 0.2) is 11.5 Å². The maximum atomic E-state index is 13.4. The fraction of sp³-hybridized carbons (Fsp3) is 0.467. The van der Waals surface area contributed by atoms with E-state index < -0.39 is 17.7 Å². The number of amides is 1. The molecule has 0 aromatic heterocycles. The van der Waals surface area contributed by atoms with Gasteiger partial charge in [-0.1, -0.05) is 27.2 Å². The molecular formula is C30H40N2O7. The molecule has 1 aliphatic rings. The largest absolute Gasteiger partial charge is 0.507 e. The summed E-state index contributed by atoms with van der Waals surface area (Å²) >= 11 is 0. The summed E-state index contributed by atoms with van der Waals surface area (Å²) in [5, 5.41) is 11.4. The molecule has 39 heavy (non-hydrogen) atoms. The molecule has 3 rings (SSSR count). The second-order valence-corrected chi connectivity index (χ2v) is 9.20. The van der Waals surface area contributed by atoms with Gasteiger partial charge in [-0.05, 0) is 61.5 Å². The van der Waals surface area contributed by atoms with Gasteiger partial charge in [0.05, 0.1) is 39.6 Å². The van der Waals surface area contributed by atoms with Crippen molar-refractivity contribution in [2.75, 3.05) is 54.1 Å². The lowest BCUT2D eigenvalue weighted by atomic mass is 9.94. The first kappa shape index (κ1) is 29.8. The van der Waals surface area contributed by atoms with Crippen molar-refractivity contribution in [3.05, 3.63) is 53.1 Å². The number of ether oxygens (including phenoxy) is 4. The van der Waals surface area contributed by atoms with Crippen LogP contribution in [0.1, 0.15) is 50.8 Å². The van der Waals surface area contributed by atoms with E-state index in [-0.39, 0.29) is 11.3 Å². The molecule has 1 saturated heterocycles. The second-order valence-electron chi connectivity index (χ2n) is 9.20. The number of unbranched alkanes of at least 4 members (excludes halogenated alkanes) is 1. The van der Waals surface area contributed by atoms with E-state index in [1.54, 1.807) is 36.4 Å². The van der Waals surface area contributed by atoms with E-state index in [2.05, 4.69) is 11.8 Å². The third kappa shape index (κ3) is 6.47. The molecule has 0 radical (unpaired) electrons. The van der Waals surface area contributed by atoms with Gasteiger partial charge >= 0.3 is 0 Å². The van der Waals surface area contributed by atoms with Gasteiger partial charge < -0.3 is 33.9 Å². The summed E-state index contributed by atoms with van der Waals surface area (Å²) in [6.07, 6.45) is 1.96. The summed E-state index contributed by atoms with van der Waals surface area (Å²) in [5.41, 5.74) is 0.981. The van der Waals surface area contributed by atoms with E-state index in [4.69, 9.17) is 18.9 Å². The molecule has 1 fully saturated rings. The summed E-state index contributed by atoms with van der Waals surface area (Å²) in [6.45, 7) is 9.27. The van der Waals surface area contributed by atoms with E-state index in [0.29, 0.717) is 53.8 Å². The third-order valence-corrected chi connectivity index (χ3v) is 6.99. The minimum atomic E-state index is -0.852. The first-order chi connectivity index (χ1) is 18.8. The highest BCUT2D eigenvalue weighted by Gasteiger charge is 2.46. The van der Waals surface area contributed by atoms with Crippen LogP contribution in [0.15, 0.2) is 42.0 Å². The topological polar surface area (TPSA) is 97.8 Å². The molecule has 9 nitrogen and oxygen atoms in total. The van der Waals surface area contributed by atoms with Crippen LogP contribution in [0.5, 0.6) is 23.0 Å². The van der Waals surface area contributed by atoms with Crippen molar-refractivity contribution in [1.29, 1.82) is 0 Å². The zero-order valence-electron chi connectivity index (χ0n) is 23.8. The Kier molecular flexibility index (Phi) is 10.6. The molecule has 1 N–H and O–H groups in total. The van der Waals surface area contributed by atoms with Crippen LogP contribution in [0.2, 0.25) is 0 Å². The number of carbonyl (C=O) groups is 2. The third-order valence-electron chi connectivity index (χ3n) is 6.99. The zero-order valence-corrected chi connectivity index (χ0v) is 23.8. The first-order valence-electron chi connectivity index (χ1n) is 13.4. The number of methoxy groups -OCH3 is 3. The van der Waals surface area contributed by atoms with Gasteiger partial charge in [0, 0.05) is 18.7 Å². The van der Waals surface area contributed by atoms with Crippen LogP contribution in [0.25, 0.3) is 5.76 Å². The maximum absolute atomic E-state index is 13.4. The number of hydrogen-bond donors (Lipinski definition) is 1. The van der Waals surface area contributed by atoms with Crippen molar-refractivity contribution < 1.29 is 33.6 Å². The molecular weight excluding hydrogens is 500 g/mol. The van der Waals surface area contributed by atoms with Crippen molar-refractivity contribution in [3.63, 3.8) is 0 Å². The van der Waals surface area contributed by atoms with Crippen LogP contribution in [-0.4, -0.2) is 80.7 Å². The van der Waals surface area contributed by atoms with E-state index in [1.165, 1.54) is 26.2 Å². The van der Waals surface area contributed by atoms with Gasteiger partial charge in [0.2, 0.25) is 5.75 Å². The lowest BCUT2D eigenvalue weighted by Gasteiger charge is -2.29. The molecule has 0 aliphatic carbocycles. The predicted molar refractivity (Wildman–Crippen MR) is 150 cm³/mol. The molecule has 212 valence electrons. The quantitative estimate of drug-likeness (QED) is 0.160. The highest BCUT2D eigenvalue weighted by Crippen LogP contribution is 2.45. The number of rotatable bonds is 14. The minimum Gasteiger partial charge on any atom is -0.507 e. The normalized spacial score (nSPS) is 16.6. The molecule has 2 aromatic rings. The van der Waals surface area contributed by atoms with Crippen molar-refractivity contribution in [1.82, 2.24) is 9.80 Å². The Morgan fingerprint density at radius 1 is 0.949 bits per heavy atom.